The van der Waals surface area contributed by atoms with E-state index in [0.717, 1.165) is 24.4 Å². The molecule has 0 spiro atoms. The maximum absolute atomic E-state index is 3.54. The lowest BCUT2D eigenvalue weighted by Gasteiger charge is -2.28. The summed E-state index contributed by atoms with van der Waals surface area (Å²) in [7, 11) is 0. The van der Waals surface area contributed by atoms with Gasteiger partial charge in [-0.05, 0) is 43.8 Å². The number of hydrogen-bond acceptors (Lipinski definition) is 2. The highest BCUT2D eigenvalue weighted by Gasteiger charge is 2.39. The molecular formula is C15H22N2. The van der Waals surface area contributed by atoms with Crippen LogP contribution in [0.4, 0.5) is 0 Å². The standard InChI is InChI=1S/C15H22N2/c1-12-15-9-16-8-7-14(15)11-17(12)10-13-5-3-2-4-6-13/h2-6,12,14-16H,7-11H2,1H3. The van der Waals surface area contributed by atoms with Gasteiger partial charge < -0.3 is 5.32 Å². The van der Waals surface area contributed by atoms with Crippen molar-refractivity contribution in [3.8, 4) is 0 Å². The van der Waals surface area contributed by atoms with Crippen LogP contribution >= 0.6 is 0 Å². The maximum atomic E-state index is 3.54. The van der Waals surface area contributed by atoms with Crippen LogP contribution < -0.4 is 5.32 Å². The second-order valence-corrected chi connectivity index (χ2v) is 5.57. The number of benzene rings is 1. The molecule has 2 saturated heterocycles. The fourth-order valence-corrected chi connectivity index (χ4v) is 3.49. The average Bonchev–Trinajstić information content (AvgIpc) is 2.68. The first-order valence-electron chi connectivity index (χ1n) is 6.83. The van der Waals surface area contributed by atoms with E-state index in [1.807, 2.05) is 0 Å². The van der Waals surface area contributed by atoms with Crippen molar-refractivity contribution in [1.82, 2.24) is 10.2 Å². The van der Waals surface area contributed by atoms with Gasteiger partial charge in [0.2, 0.25) is 0 Å². The highest BCUT2D eigenvalue weighted by atomic mass is 15.2. The summed E-state index contributed by atoms with van der Waals surface area (Å²) in [4.78, 5) is 2.66. The van der Waals surface area contributed by atoms with Gasteiger partial charge in [0.05, 0.1) is 0 Å². The fraction of sp³-hybridized carbons (Fsp3) is 0.600. The monoisotopic (exact) mass is 230 g/mol. The predicted molar refractivity (Wildman–Crippen MR) is 70.8 cm³/mol. The van der Waals surface area contributed by atoms with Crippen LogP contribution in [0, 0.1) is 11.8 Å². The molecule has 2 nitrogen and oxygen atoms in total. The molecule has 3 unspecified atom stereocenters. The summed E-state index contributed by atoms with van der Waals surface area (Å²) in [6.45, 7) is 7.25. The minimum Gasteiger partial charge on any atom is -0.316 e. The molecule has 0 radical (unpaired) electrons. The van der Waals surface area contributed by atoms with Gasteiger partial charge in [0.15, 0.2) is 0 Å². The first kappa shape index (κ1) is 11.2. The summed E-state index contributed by atoms with van der Waals surface area (Å²) in [6.07, 6.45) is 1.36. The van der Waals surface area contributed by atoms with E-state index in [2.05, 4.69) is 47.5 Å². The van der Waals surface area contributed by atoms with Crippen LogP contribution in [0.2, 0.25) is 0 Å². The van der Waals surface area contributed by atoms with Crippen molar-refractivity contribution in [1.29, 1.82) is 0 Å². The Kier molecular flexibility index (Phi) is 3.17. The Bertz CT molecular complexity index is 362. The van der Waals surface area contributed by atoms with E-state index in [1.165, 1.54) is 31.6 Å². The highest BCUT2D eigenvalue weighted by Crippen LogP contribution is 2.34. The minimum atomic E-state index is 0.730. The van der Waals surface area contributed by atoms with E-state index < -0.39 is 0 Å². The van der Waals surface area contributed by atoms with E-state index in [-0.39, 0.29) is 0 Å². The Labute approximate surface area is 104 Å². The second kappa shape index (κ2) is 4.79. The van der Waals surface area contributed by atoms with Gasteiger partial charge >= 0.3 is 0 Å². The van der Waals surface area contributed by atoms with Crippen LogP contribution in [0.5, 0.6) is 0 Å². The van der Waals surface area contributed by atoms with Crippen LogP contribution in [0.15, 0.2) is 30.3 Å². The largest absolute Gasteiger partial charge is 0.316 e. The molecule has 1 aromatic rings. The molecule has 17 heavy (non-hydrogen) atoms. The van der Waals surface area contributed by atoms with Crippen LogP contribution in [0.3, 0.4) is 0 Å². The van der Waals surface area contributed by atoms with Crippen molar-refractivity contribution in [2.75, 3.05) is 19.6 Å². The van der Waals surface area contributed by atoms with Crippen LogP contribution in [0.25, 0.3) is 0 Å². The Morgan fingerprint density at radius 3 is 2.88 bits per heavy atom. The first-order chi connectivity index (χ1) is 8.34. The molecule has 2 fully saturated rings. The zero-order valence-corrected chi connectivity index (χ0v) is 10.6. The number of piperidine rings is 1. The summed E-state index contributed by atoms with van der Waals surface area (Å²) in [5.74, 6) is 1.79. The van der Waals surface area contributed by atoms with Gasteiger partial charge in [0, 0.05) is 19.1 Å². The van der Waals surface area contributed by atoms with Crippen molar-refractivity contribution >= 4 is 0 Å². The normalized spacial score (nSPS) is 33.6. The van der Waals surface area contributed by atoms with E-state index >= 15 is 0 Å². The summed E-state index contributed by atoms with van der Waals surface area (Å²) in [6, 6.07) is 11.6. The van der Waals surface area contributed by atoms with Crippen molar-refractivity contribution in [2.24, 2.45) is 11.8 Å². The smallest absolute Gasteiger partial charge is 0.0236 e. The van der Waals surface area contributed by atoms with Gasteiger partial charge in [-0.25, -0.2) is 0 Å². The van der Waals surface area contributed by atoms with Crippen molar-refractivity contribution < 1.29 is 0 Å². The van der Waals surface area contributed by atoms with Gasteiger partial charge in [-0.15, -0.1) is 0 Å². The summed E-state index contributed by atoms with van der Waals surface area (Å²) in [5.41, 5.74) is 1.45. The van der Waals surface area contributed by atoms with Gasteiger partial charge in [-0.1, -0.05) is 30.3 Å². The predicted octanol–water partition coefficient (Wildman–Crippen LogP) is 2.12. The Morgan fingerprint density at radius 1 is 1.29 bits per heavy atom. The van der Waals surface area contributed by atoms with E-state index in [0.29, 0.717) is 0 Å². The molecule has 92 valence electrons. The molecule has 3 atom stereocenters. The molecule has 2 heterocycles. The molecule has 1 N–H and O–H groups in total. The van der Waals surface area contributed by atoms with E-state index in [9.17, 15) is 0 Å². The third-order valence-electron chi connectivity index (χ3n) is 4.57. The topological polar surface area (TPSA) is 15.3 Å². The summed E-state index contributed by atoms with van der Waals surface area (Å²) in [5, 5.41) is 3.54. The third-order valence-corrected chi connectivity index (χ3v) is 4.57. The molecule has 2 aliphatic rings. The van der Waals surface area contributed by atoms with E-state index in [4.69, 9.17) is 0 Å². The van der Waals surface area contributed by atoms with Gasteiger partial charge in [-0.3, -0.25) is 4.90 Å². The number of nitrogens with zero attached hydrogens (tertiary/aromatic N) is 1. The molecule has 3 rings (SSSR count). The Morgan fingerprint density at radius 2 is 2.12 bits per heavy atom. The van der Waals surface area contributed by atoms with Gasteiger partial charge in [0.25, 0.3) is 0 Å². The number of fused-ring (bicyclic) bond motifs is 1. The van der Waals surface area contributed by atoms with Crippen molar-refractivity contribution in [3.05, 3.63) is 35.9 Å². The van der Waals surface area contributed by atoms with Gasteiger partial charge in [0.1, 0.15) is 0 Å². The number of hydrogen-bond donors (Lipinski definition) is 1. The van der Waals surface area contributed by atoms with Crippen LogP contribution in [-0.2, 0) is 6.54 Å². The zero-order valence-electron chi connectivity index (χ0n) is 10.6. The Hall–Kier alpha value is -0.860. The SMILES string of the molecule is CC1C2CNCCC2CN1Cc1ccccc1. The van der Waals surface area contributed by atoms with E-state index in [1.54, 1.807) is 0 Å². The molecular weight excluding hydrogens is 208 g/mol. The Balaban J connectivity index is 1.68. The van der Waals surface area contributed by atoms with Crippen molar-refractivity contribution in [2.45, 2.75) is 25.9 Å². The number of rotatable bonds is 2. The lowest BCUT2D eigenvalue weighted by molar-refractivity contribution is 0.228. The number of likely N-dealkylation sites (tertiary alicyclic amines) is 1. The third kappa shape index (κ3) is 2.24. The zero-order chi connectivity index (χ0) is 11.7. The number of nitrogens with one attached hydrogen (secondary N) is 1. The van der Waals surface area contributed by atoms with Crippen molar-refractivity contribution in [3.63, 3.8) is 0 Å². The molecule has 0 saturated carbocycles. The highest BCUT2D eigenvalue weighted by molar-refractivity contribution is 5.15. The molecule has 1 aromatic carbocycles. The molecule has 0 aromatic heterocycles. The lowest BCUT2D eigenvalue weighted by Crippen LogP contribution is -2.39. The minimum absolute atomic E-state index is 0.730. The molecule has 2 heteroatoms. The average molecular weight is 230 g/mol. The quantitative estimate of drug-likeness (QED) is 0.837. The fourth-order valence-electron chi connectivity index (χ4n) is 3.49. The molecule has 0 bridgehead atoms. The second-order valence-electron chi connectivity index (χ2n) is 5.57. The van der Waals surface area contributed by atoms with Crippen LogP contribution in [0.1, 0.15) is 18.9 Å². The van der Waals surface area contributed by atoms with Gasteiger partial charge in [-0.2, -0.15) is 0 Å². The maximum Gasteiger partial charge on any atom is 0.0236 e. The summed E-state index contributed by atoms with van der Waals surface area (Å²) >= 11 is 0. The molecule has 0 amide bonds. The lowest BCUT2D eigenvalue weighted by atomic mass is 9.86. The first-order valence-corrected chi connectivity index (χ1v) is 6.83. The summed E-state index contributed by atoms with van der Waals surface area (Å²) < 4.78 is 0. The van der Waals surface area contributed by atoms with Crippen LogP contribution in [-0.4, -0.2) is 30.6 Å². The molecule has 2 aliphatic heterocycles. The molecule has 0 aliphatic carbocycles.